The van der Waals surface area contributed by atoms with Crippen molar-refractivity contribution in [2.45, 2.75) is 6.17 Å². The number of hydrogen-bond acceptors (Lipinski definition) is 6. The predicted molar refractivity (Wildman–Crippen MR) is 79.9 cm³/mol. The molecule has 0 fully saturated rings. The van der Waals surface area contributed by atoms with Crippen LogP contribution in [0.25, 0.3) is 10.8 Å². The molecule has 0 aliphatic carbocycles. The van der Waals surface area contributed by atoms with Gasteiger partial charge in [0, 0.05) is 5.56 Å². The van der Waals surface area contributed by atoms with Gasteiger partial charge < -0.3 is 11.5 Å². The van der Waals surface area contributed by atoms with E-state index in [9.17, 15) is 0 Å². The van der Waals surface area contributed by atoms with Crippen LogP contribution in [-0.2, 0) is 0 Å². The number of nitrogens with zero attached hydrogens (tertiary/aromatic N) is 4. The van der Waals surface area contributed by atoms with E-state index in [2.05, 4.69) is 38.2 Å². The van der Waals surface area contributed by atoms with Crippen molar-refractivity contribution >= 4 is 22.5 Å². The second-order valence-electron chi connectivity index (χ2n) is 4.84. The lowest BCUT2D eigenvalue weighted by atomic mass is 10.0. The molecule has 6 heteroatoms. The van der Waals surface area contributed by atoms with Gasteiger partial charge >= 0.3 is 0 Å². The van der Waals surface area contributed by atoms with Crippen molar-refractivity contribution in [3.63, 3.8) is 0 Å². The highest BCUT2D eigenvalue weighted by Crippen LogP contribution is 2.27. The van der Waals surface area contributed by atoms with E-state index in [-0.39, 0.29) is 17.9 Å². The fraction of sp³-hybridized carbons (Fsp3) is 0.0667. The van der Waals surface area contributed by atoms with Crippen molar-refractivity contribution in [2.75, 3.05) is 11.5 Å². The summed E-state index contributed by atoms with van der Waals surface area (Å²) >= 11 is 0. The number of anilines is 2. The van der Waals surface area contributed by atoms with Crippen LogP contribution in [0.2, 0.25) is 0 Å². The first kappa shape index (κ1) is 11.8. The monoisotopic (exact) mass is 276 g/mol. The summed E-state index contributed by atoms with van der Waals surface area (Å²) in [7, 11) is 0. The Kier molecular flexibility index (Phi) is 2.38. The fourth-order valence-corrected chi connectivity index (χ4v) is 2.57. The molecule has 0 spiro atoms. The SMILES string of the molecule is Nc1nc(N)c2c(n1)=NC(c1cccc3ccccc13)N=2. The highest BCUT2D eigenvalue weighted by atomic mass is 15.1. The molecule has 2 aromatic carbocycles. The molecule has 1 atom stereocenters. The maximum absolute atomic E-state index is 5.84. The predicted octanol–water partition coefficient (Wildman–Crippen LogP) is 0.746. The summed E-state index contributed by atoms with van der Waals surface area (Å²) in [5.74, 6) is 0.382. The van der Waals surface area contributed by atoms with Crippen LogP contribution in [0.3, 0.4) is 0 Å². The van der Waals surface area contributed by atoms with Gasteiger partial charge in [-0.3, -0.25) is 0 Å². The molecule has 0 saturated heterocycles. The molecule has 6 nitrogen and oxygen atoms in total. The Morgan fingerprint density at radius 1 is 0.857 bits per heavy atom. The highest BCUT2D eigenvalue weighted by molar-refractivity contribution is 5.86. The second kappa shape index (κ2) is 4.24. The van der Waals surface area contributed by atoms with Gasteiger partial charge in [-0.1, -0.05) is 42.5 Å². The molecule has 4 rings (SSSR count). The Hall–Kier alpha value is -3.02. The van der Waals surface area contributed by atoms with Crippen molar-refractivity contribution in [3.05, 3.63) is 58.9 Å². The van der Waals surface area contributed by atoms with Crippen LogP contribution >= 0.6 is 0 Å². The number of nitrogens with two attached hydrogens (primary N) is 2. The molecule has 1 aliphatic heterocycles. The zero-order valence-electron chi connectivity index (χ0n) is 11.1. The summed E-state index contributed by atoms with van der Waals surface area (Å²) in [5, 5.41) is 2.78. The summed E-state index contributed by atoms with van der Waals surface area (Å²) in [6.45, 7) is 0. The average Bonchev–Trinajstić information content (AvgIpc) is 2.90. The molecular formula is C15H12N6. The van der Waals surface area contributed by atoms with E-state index in [0.29, 0.717) is 10.8 Å². The first-order valence-electron chi connectivity index (χ1n) is 6.55. The van der Waals surface area contributed by atoms with Gasteiger partial charge in [0.15, 0.2) is 17.5 Å². The lowest BCUT2D eigenvalue weighted by molar-refractivity contribution is 0.775. The molecule has 0 amide bonds. The quantitative estimate of drug-likeness (QED) is 0.684. The molecule has 1 unspecified atom stereocenters. The number of rotatable bonds is 1. The topological polar surface area (TPSA) is 103 Å². The minimum absolute atomic E-state index is 0.115. The van der Waals surface area contributed by atoms with Crippen molar-refractivity contribution in [2.24, 2.45) is 9.98 Å². The zero-order chi connectivity index (χ0) is 14.4. The van der Waals surface area contributed by atoms with E-state index in [1.54, 1.807) is 0 Å². The van der Waals surface area contributed by atoms with Gasteiger partial charge in [0.05, 0.1) is 0 Å². The van der Waals surface area contributed by atoms with Crippen LogP contribution in [0.4, 0.5) is 11.8 Å². The number of hydrogen-bond donors (Lipinski definition) is 2. The van der Waals surface area contributed by atoms with Gasteiger partial charge in [-0.15, -0.1) is 0 Å². The third kappa shape index (κ3) is 1.80. The Labute approximate surface area is 119 Å². The summed E-state index contributed by atoms with van der Waals surface area (Å²) in [6.07, 6.45) is -0.357. The maximum Gasteiger partial charge on any atom is 0.224 e. The van der Waals surface area contributed by atoms with Crippen molar-refractivity contribution in [1.82, 2.24) is 9.97 Å². The van der Waals surface area contributed by atoms with Gasteiger partial charge in [0.2, 0.25) is 5.95 Å². The zero-order valence-corrected chi connectivity index (χ0v) is 11.1. The van der Waals surface area contributed by atoms with Crippen LogP contribution in [0.1, 0.15) is 11.7 Å². The number of benzene rings is 2. The first-order chi connectivity index (χ1) is 10.2. The van der Waals surface area contributed by atoms with Gasteiger partial charge in [0.1, 0.15) is 5.36 Å². The van der Waals surface area contributed by atoms with E-state index in [4.69, 9.17) is 11.5 Å². The van der Waals surface area contributed by atoms with Gasteiger partial charge in [-0.25, -0.2) is 9.98 Å². The van der Waals surface area contributed by atoms with E-state index in [0.717, 1.165) is 16.3 Å². The van der Waals surface area contributed by atoms with E-state index in [1.807, 2.05) is 24.3 Å². The highest BCUT2D eigenvalue weighted by Gasteiger charge is 2.18. The second-order valence-corrected chi connectivity index (χ2v) is 4.84. The number of fused-ring (bicyclic) bond motifs is 2. The smallest absolute Gasteiger partial charge is 0.224 e. The van der Waals surface area contributed by atoms with Crippen LogP contribution in [0, 0.1) is 0 Å². The molecule has 0 radical (unpaired) electrons. The lowest BCUT2D eigenvalue weighted by Crippen LogP contribution is -2.31. The standard InChI is InChI=1S/C15H12N6/c16-12-11-14(21-15(17)19-12)20-13(18-11)10-7-3-5-8-4-1-2-6-9(8)10/h1-7,13H,(H4,16,17,19,20,21). The molecule has 4 N–H and O–H groups in total. The summed E-state index contributed by atoms with van der Waals surface area (Å²) < 4.78 is 0. The third-order valence-electron chi connectivity index (χ3n) is 3.51. The Balaban J connectivity index is 1.96. The van der Waals surface area contributed by atoms with Gasteiger partial charge in [-0.2, -0.15) is 9.97 Å². The largest absolute Gasteiger partial charge is 0.382 e. The summed E-state index contributed by atoms with van der Waals surface area (Å²) in [4.78, 5) is 17.1. The molecule has 21 heavy (non-hydrogen) atoms. The van der Waals surface area contributed by atoms with E-state index >= 15 is 0 Å². The first-order valence-corrected chi connectivity index (χ1v) is 6.55. The average molecular weight is 276 g/mol. The van der Waals surface area contributed by atoms with Gasteiger partial charge in [-0.05, 0) is 10.8 Å². The molecule has 0 bridgehead atoms. The molecule has 102 valence electrons. The Morgan fingerprint density at radius 2 is 1.67 bits per heavy atom. The maximum atomic E-state index is 5.84. The summed E-state index contributed by atoms with van der Waals surface area (Å²) in [5.41, 5.74) is 12.9. The van der Waals surface area contributed by atoms with Crippen LogP contribution in [0.15, 0.2) is 52.4 Å². The molecule has 0 saturated carbocycles. The van der Waals surface area contributed by atoms with Crippen molar-refractivity contribution in [3.8, 4) is 0 Å². The molecule has 1 aliphatic rings. The molecular weight excluding hydrogens is 264 g/mol. The minimum atomic E-state index is -0.357. The molecule has 2 heterocycles. The Bertz CT molecular complexity index is 974. The fourth-order valence-electron chi connectivity index (χ4n) is 2.57. The molecule has 1 aromatic heterocycles. The lowest BCUT2D eigenvalue weighted by Gasteiger charge is -2.08. The normalized spacial score (nSPS) is 16.3. The third-order valence-corrected chi connectivity index (χ3v) is 3.51. The van der Waals surface area contributed by atoms with Crippen molar-refractivity contribution < 1.29 is 0 Å². The minimum Gasteiger partial charge on any atom is -0.382 e. The van der Waals surface area contributed by atoms with Gasteiger partial charge in [0.25, 0.3) is 0 Å². The number of nitrogen functional groups attached to an aromatic ring is 2. The van der Waals surface area contributed by atoms with Crippen LogP contribution < -0.4 is 22.3 Å². The molecule has 3 aromatic rings. The van der Waals surface area contributed by atoms with E-state index < -0.39 is 0 Å². The summed E-state index contributed by atoms with van der Waals surface area (Å²) in [6, 6.07) is 14.2. The Morgan fingerprint density at radius 3 is 2.57 bits per heavy atom. The van der Waals surface area contributed by atoms with E-state index in [1.165, 1.54) is 0 Å². The van der Waals surface area contributed by atoms with Crippen LogP contribution in [0.5, 0.6) is 0 Å². The number of aromatic nitrogens is 2. The van der Waals surface area contributed by atoms with Crippen LogP contribution in [-0.4, -0.2) is 9.97 Å². The van der Waals surface area contributed by atoms with Crippen molar-refractivity contribution in [1.29, 1.82) is 0 Å².